The third kappa shape index (κ3) is 4.27. The minimum Gasteiger partial charge on any atom is -0.504 e. The van der Waals surface area contributed by atoms with Crippen LogP contribution in [-0.4, -0.2) is 50.7 Å². The number of esters is 2. The number of aromatic hydroxyl groups is 1. The number of benzene rings is 2. The van der Waals surface area contributed by atoms with Crippen LogP contribution in [0.2, 0.25) is 0 Å². The second kappa shape index (κ2) is 10.3. The van der Waals surface area contributed by atoms with Gasteiger partial charge in [0.15, 0.2) is 17.6 Å². The highest BCUT2D eigenvalue weighted by atomic mass is 16.6. The normalized spacial score (nSPS) is 27.9. The maximum atomic E-state index is 13.3. The van der Waals surface area contributed by atoms with Crippen molar-refractivity contribution >= 4 is 23.7 Å². The molecule has 0 amide bonds. The molecule has 220 valence electrons. The molecule has 3 aliphatic carbocycles. The number of aliphatic carboxylic acids is 1. The highest BCUT2D eigenvalue weighted by Gasteiger charge is 2.70. The van der Waals surface area contributed by atoms with E-state index in [1.165, 1.54) is 19.1 Å². The Morgan fingerprint density at radius 1 is 1.10 bits per heavy atom. The Hall–Kier alpha value is -4.18. The summed E-state index contributed by atoms with van der Waals surface area (Å²) >= 11 is 0. The molecule has 3 N–H and O–H groups in total. The van der Waals surface area contributed by atoms with Crippen LogP contribution in [0.5, 0.6) is 11.5 Å². The van der Waals surface area contributed by atoms with E-state index in [0.717, 1.165) is 24.0 Å². The number of phenolic OH excluding ortho intramolecular Hbond substituents is 1. The highest BCUT2D eigenvalue weighted by Crippen LogP contribution is 2.67. The van der Waals surface area contributed by atoms with E-state index in [0.29, 0.717) is 18.6 Å². The zero-order chi connectivity index (χ0) is 29.8. The molecule has 1 saturated carbocycles. The third-order valence-corrected chi connectivity index (χ3v) is 9.34. The Morgan fingerprint density at radius 3 is 2.57 bits per heavy atom. The number of phenols is 1. The quantitative estimate of drug-likeness (QED) is 0.376. The molecule has 1 spiro atoms. The van der Waals surface area contributed by atoms with Crippen LogP contribution in [0.4, 0.5) is 0 Å². The third-order valence-electron chi connectivity index (χ3n) is 9.34. The van der Waals surface area contributed by atoms with Gasteiger partial charge in [0.25, 0.3) is 0 Å². The van der Waals surface area contributed by atoms with Crippen LogP contribution >= 0.6 is 0 Å². The maximum Gasteiger partial charge on any atom is 0.349 e. The largest absolute Gasteiger partial charge is 0.504 e. The molecule has 6 atom stereocenters. The molecule has 1 heterocycles. The van der Waals surface area contributed by atoms with Gasteiger partial charge in [-0.1, -0.05) is 42.8 Å². The van der Waals surface area contributed by atoms with Gasteiger partial charge in [-0.2, -0.15) is 0 Å². The molecule has 2 aromatic carbocycles. The van der Waals surface area contributed by atoms with Crippen molar-refractivity contribution in [1.82, 2.24) is 0 Å². The topological polar surface area (TPSA) is 157 Å². The van der Waals surface area contributed by atoms with Gasteiger partial charge in [0.1, 0.15) is 11.5 Å². The number of carbonyl (C=O) groups excluding carboxylic acids is 3. The first kappa shape index (κ1) is 28.0. The minimum atomic E-state index is -1.61. The molecule has 6 rings (SSSR count). The van der Waals surface area contributed by atoms with Crippen LogP contribution in [0.3, 0.4) is 0 Å². The van der Waals surface area contributed by atoms with Gasteiger partial charge in [0, 0.05) is 17.5 Å². The standard InChI is InChI=1S/C32H32O10/c1-17(33)14-20(30(38)42-26(29(36)37)18-6-3-2-4-7-18)16-24(35)40-23-11-13-32(39)21-8-5-12-31(32)25-19(15-21)9-10-22(34)27(25)41-28(23)31/h2-4,6-7,9-11,20-21,26,28,34,39H,5,8,12-16H2,1H3,(H,36,37)/t20-,21+,26-,28-,31-,32+/m0/s1. The summed E-state index contributed by atoms with van der Waals surface area (Å²) in [5.74, 6) is -4.49. The van der Waals surface area contributed by atoms with Crippen molar-refractivity contribution in [2.24, 2.45) is 11.8 Å². The zero-order valence-corrected chi connectivity index (χ0v) is 23.1. The molecule has 42 heavy (non-hydrogen) atoms. The predicted molar refractivity (Wildman–Crippen MR) is 145 cm³/mol. The van der Waals surface area contributed by atoms with E-state index in [9.17, 15) is 34.5 Å². The highest BCUT2D eigenvalue weighted by molar-refractivity contribution is 5.88. The number of carboxylic acids is 1. The van der Waals surface area contributed by atoms with Crippen molar-refractivity contribution in [3.8, 4) is 11.5 Å². The van der Waals surface area contributed by atoms with E-state index in [1.54, 1.807) is 30.3 Å². The average molecular weight is 577 g/mol. The molecule has 1 aliphatic heterocycles. The number of ketones is 1. The van der Waals surface area contributed by atoms with Gasteiger partial charge in [-0.25, -0.2) is 4.79 Å². The van der Waals surface area contributed by atoms with E-state index >= 15 is 0 Å². The van der Waals surface area contributed by atoms with Crippen LogP contribution in [-0.2, 0) is 40.5 Å². The number of aliphatic hydroxyl groups is 1. The molecule has 4 aliphatic rings. The van der Waals surface area contributed by atoms with E-state index in [-0.39, 0.29) is 41.6 Å². The lowest BCUT2D eigenvalue weighted by atomic mass is 9.47. The van der Waals surface area contributed by atoms with Gasteiger partial charge in [-0.05, 0) is 56.2 Å². The zero-order valence-electron chi connectivity index (χ0n) is 23.1. The first-order valence-electron chi connectivity index (χ1n) is 14.2. The monoisotopic (exact) mass is 576 g/mol. The number of carboxylic acid groups (broad SMARTS) is 1. The summed E-state index contributed by atoms with van der Waals surface area (Å²) in [4.78, 5) is 50.2. The summed E-state index contributed by atoms with van der Waals surface area (Å²) in [6.07, 6.45) is 1.44. The molecule has 10 nitrogen and oxygen atoms in total. The van der Waals surface area contributed by atoms with Gasteiger partial charge >= 0.3 is 17.9 Å². The molecule has 1 fully saturated rings. The number of Topliss-reactive ketones (excluding diaryl/α,β-unsaturated/α-hetero) is 1. The predicted octanol–water partition coefficient (Wildman–Crippen LogP) is 3.66. The van der Waals surface area contributed by atoms with Crippen molar-refractivity contribution in [3.05, 3.63) is 71.0 Å². The summed E-state index contributed by atoms with van der Waals surface area (Å²) in [6.45, 7) is 1.26. The Morgan fingerprint density at radius 2 is 1.86 bits per heavy atom. The molecular weight excluding hydrogens is 544 g/mol. The van der Waals surface area contributed by atoms with E-state index in [2.05, 4.69) is 0 Å². The fourth-order valence-corrected chi connectivity index (χ4v) is 7.59. The van der Waals surface area contributed by atoms with Crippen LogP contribution in [0.1, 0.15) is 68.2 Å². The van der Waals surface area contributed by atoms with Crippen LogP contribution < -0.4 is 4.74 Å². The molecular formula is C32H32O10. The molecule has 2 bridgehead atoms. The first-order valence-corrected chi connectivity index (χ1v) is 14.2. The Balaban J connectivity index is 1.24. The number of carbonyl (C=O) groups is 4. The van der Waals surface area contributed by atoms with Gasteiger partial charge in [-0.3, -0.25) is 9.59 Å². The summed E-state index contributed by atoms with van der Waals surface area (Å²) in [6, 6.07) is 11.3. The number of ether oxygens (including phenoxy) is 3. The van der Waals surface area contributed by atoms with Crippen molar-refractivity contribution in [2.75, 3.05) is 0 Å². The van der Waals surface area contributed by atoms with Crippen molar-refractivity contribution < 1.29 is 48.7 Å². The maximum absolute atomic E-state index is 13.3. The Bertz CT molecular complexity index is 1500. The van der Waals surface area contributed by atoms with Gasteiger partial charge in [-0.15, -0.1) is 0 Å². The van der Waals surface area contributed by atoms with Crippen LogP contribution in [0, 0.1) is 11.8 Å². The molecule has 10 heteroatoms. The molecule has 0 unspecified atom stereocenters. The minimum absolute atomic E-state index is 0.0182. The SMILES string of the molecule is CC(=O)C[C@@H](CC(=O)OC1=CC[C@@]2(O)[C@@H]3CCC[C@@]24c2c(ccc(O)c2O[C@@H]14)C3)C(=O)O[C@H](C(=O)O)c1ccccc1. The van der Waals surface area contributed by atoms with Crippen molar-refractivity contribution in [2.45, 2.75) is 75.1 Å². The summed E-state index contributed by atoms with van der Waals surface area (Å²) in [5.41, 5.74) is -0.0266. The fraction of sp³-hybridized carbons (Fsp3) is 0.438. The average Bonchev–Trinajstić information content (AvgIpc) is 3.29. The molecule has 0 aromatic heterocycles. The van der Waals surface area contributed by atoms with E-state index in [4.69, 9.17) is 14.2 Å². The van der Waals surface area contributed by atoms with E-state index in [1.807, 2.05) is 6.07 Å². The molecule has 0 saturated heterocycles. The van der Waals surface area contributed by atoms with Crippen LogP contribution in [0.25, 0.3) is 0 Å². The van der Waals surface area contributed by atoms with E-state index < -0.39 is 53.5 Å². The van der Waals surface area contributed by atoms with Gasteiger partial charge < -0.3 is 34.3 Å². The molecule has 2 aromatic rings. The first-order chi connectivity index (χ1) is 20.0. The second-order valence-corrected chi connectivity index (χ2v) is 11.8. The van der Waals surface area contributed by atoms with Crippen molar-refractivity contribution in [1.29, 1.82) is 0 Å². The van der Waals surface area contributed by atoms with Gasteiger partial charge in [0.2, 0.25) is 6.10 Å². The number of rotatable bonds is 9. The smallest absolute Gasteiger partial charge is 0.349 e. The summed E-state index contributed by atoms with van der Waals surface area (Å²) < 4.78 is 17.3. The molecule has 0 radical (unpaired) electrons. The van der Waals surface area contributed by atoms with Crippen molar-refractivity contribution in [3.63, 3.8) is 0 Å². The summed E-state index contributed by atoms with van der Waals surface area (Å²) in [7, 11) is 0. The second-order valence-electron chi connectivity index (χ2n) is 11.8. The lowest BCUT2D eigenvalue weighted by molar-refractivity contribution is -0.170. The van der Waals surface area contributed by atoms with Crippen LogP contribution in [0.15, 0.2) is 54.3 Å². The fourth-order valence-electron chi connectivity index (χ4n) is 7.59. The lowest BCUT2D eigenvalue weighted by Gasteiger charge is -2.59. The lowest BCUT2D eigenvalue weighted by Crippen LogP contribution is -2.67. The number of hydrogen-bond donors (Lipinski definition) is 3. The Labute approximate surface area is 241 Å². The number of hydrogen-bond acceptors (Lipinski definition) is 9. The van der Waals surface area contributed by atoms with Gasteiger partial charge in [0.05, 0.1) is 23.4 Å². The summed E-state index contributed by atoms with van der Waals surface area (Å²) in [5, 5.41) is 32.4. The Kier molecular flexibility index (Phi) is 6.84.